The Kier molecular flexibility index (Phi) is 5.84. The van der Waals surface area contributed by atoms with Crippen molar-refractivity contribution in [1.29, 1.82) is 0 Å². The maximum absolute atomic E-state index is 10.8. The van der Waals surface area contributed by atoms with Crippen molar-refractivity contribution in [3.63, 3.8) is 0 Å². The smallest absolute Gasteiger partial charge is 0.308 e. The van der Waals surface area contributed by atoms with Gasteiger partial charge in [-0.05, 0) is 47.2 Å². The third kappa shape index (κ3) is 4.27. The normalized spacial score (nSPS) is 14.9. The molecule has 1 amide bonds. The molecular formula is C21H26NO3+. The molecule has 4 N–H and O–H groups in total. The minimum absolute atomic E-state index is 0.0317. The van der Waals surface area contributed by atoms with Crippen molar-refractivity contribution < 1.29 is 20.4 Å². The lowest BCUT2D eigenvalue weighted by Gasteiger charge is -2.10. The van der Waals surface area contributed by atoms with Crippen LogP contribution in [0.15, 0.2) is 42.5 Å². The van der Waals surface area contributed by atoms with Crippen LogP contribution < -0.4 is 10.5 Å². The molecule has 0 spiro atoms. The van der Waals surface area contributed by atoms with Crippen molar-refractivity contribution in [3.8, 4) is 16.9 Å². The summed E-state index contributed by atoms with van der Waals surface area (Å²) in [4.78, 5) is 10.8. The van der Waals surface area contributed by atoms with Crippen molar-refractivity contribution in [2.24, 2.45) is 0 Å². The molecule has 0 saturated heterocycles. The summed E-state index contributed by atoms with van der Waals surface area (Å²) in [5.74, 6) is 0.845. The quantitative estimate of drug-likeness (QED) is 0.688. The minimum Gasteiger partial charge on any atom is -0.494 e. The Balaban J connectivity index is 1.46. The molecule has 0 radical (unpaired) electrons. The zero-order valence-corrected chi connectivity index (χ0v) is 14.5. The molecule has 2 aromatic rings. The van der Waals surface area contributed by atoms with Gasteiger partial charge < -0.3 is 9.84 Å². The Labute approximate surface area is 148 Å². The summed E-state index contributed by atoms with van der Waals surface area (Å²) in [6.07, 6.45) is 5.26. The van der Waals surface area contributed by atoms with Crippen LogP contribution in [0.1, 0.15) is 55.8 Å². The number of benzene rings is 2. The number of unbranched alkanes of at least 4 members (excludes halogenated alkanes) is 4. The Morgan fingerprint density at radius 2 is 1.68 bits per heavy atom. The first-order valence-corrected chi connectivity index (χ1v) is 9.05. The average Bonchev–Trinajstić information content (AvgIpc) is 2.90. The van der Waals surface area contributed by atoms with Crippen molar-refractivity contribution >= 4 is 5.91 Å². The zero-order chi connectivity index (χ0) is 17.6. The van der Waals surface area contributed by atoms with E-state index in [-0.39, 0.29) is 5.91 Å². The van der Waals surface area contributed by atoms with E-state index in [1.165, 1.54) is 0 Å². The van der Waals surface area contributed by atoms with Crippen LogP contribution in [0.5, 0.6) is 5.75 Å². The molecular weight excluding hydrogens is 314 g/mol. The topological polar surface area (TPSA) is 74.2 Å². The number of ether oxygens (including phenoxy) is 1. The molecule has 3 rings (SSSR count). The van der Waals surface area contributed by atoms with Gasteiger partial charge in [0.15, 0.2) is 0 Å². The molecule has 132 valence electrons. The fraction of sp³-hybridized carbons (Fsp3) is 0.381. The molecule has 0 bridgehead atoms. The molecule has 1 aliphatic carbocycles. The van der Waals surface area contributed by atoms with E-state index in [4.69, 9.17) is 4.74 Å². The van der Waals surface area contributed by atoms with Gasteiger partial charge in [-0.15, -0.1) is 0 Å². The van der Waals surface area contributed by atoms with Gasteiger partial charge in [-0.3, -0.25) is 5.73 Å². The number of aliphatic hydroxyl groups is 1. The van der Waals surface area contributed by atoms with Gasteiger partial charge in [0.1, 0.15) is 11.9 Å². The molecule has 25 heavy (non-hydrogen) atoms. The first kappa shape index (κ1) is 17.6. The van der Waals surface area contributed by atoms with Crippen molar-refractivity contribution in [2.45, 2.75) is 44.6 Å². The Bertz CT molecular complexity index is 742. The molecule has 0 saturated carbocycles. The fourth-order valence-corrected chi connectivity index (χ4v) is 3.39. The highest BCUT2D eigenvalue weighted by atomic mass is 16.5. The summed E-state index contributed by atoms with van der Waals surface area (Å²) < 4.78 is 5.85. The van der Waals surface area contributed by atoms with E-state index in [0.29, 0.717) is 13.0 Å². The third-order valence-electron chi connectivity index (χ3n) is 4.73. The second-order valence-electron chi connectivity index (χ2n) is 6.64. The number of quaternary nitrogens is 1. The number of hydrogen-bond acceptors (Lipinski definition) is 3. The average molecular weight is 340 g/mol. The molecule has 4 nitrogen and oxygen atoms in total. The standard InChI is InChI=1S/C21H25NO3/c22-20(23)10-4-2-1-3-7-13-25-15-11-12-17-16-8-5-6-9-18(16)21(24)19(17)14-15/h5-6,8-9,11-12,14,21,24H,1-4,7,10,13H2,(H2,22,23)/p+1. The van der Waals surface area contributed by atoms with Gasteiger partial charge in [0.25, 0.3) is 0 Å². The third-order valence-corrected chi connectivity index (χ3v) is 4.73. The predicted molar refractivity (Wildman–Crippen MR) is 97.0 cm³/mol. The zero-order valence-electron chi connectivity index (χ0n) is 14.5. The second-order valence-corrected chi connectivity index (χ2v) is 6.64. The highest BCUT2D eigenvalue weighted by Crippen LogP contribution is 2.44. The van der Waals surface area contributed by atoms with Gasteiger partial charge in [-0.1, -0.05) is 49.6 Å². The van der Waals surface area contributed by atoms with Crippen molar-refractivity contribution in [2.75, 3.05) is 6.61 Å². The molecule has 0 heterocycles. The van der Waals surface area contributed by atoms with Crippen LogP contribution in [0.2, 0.25) is 0 Å². The monoisotopic (exact) mass is 340 g/mol. The summed E-state index contributed by atoms with van der Waals surface area (Å²) in [5.41, 5.74) is 7.48. The second kappa shape index (κ2) is 8.28. The summed E-state index contributed by atoms with van der Waals surface area (Å²) >= 11 is 0. The van der Waals surface area contributed by atoms with E-state index >= 15 is 0 Å². The van der Waals surface area contributed by atoms with Crippen LogP contribution in [-0.4, -0.2) is 17.6 Å². The van der Waals surface area contributed by atoms with E-state index in [9.17, 15) is 9.90 Å². The first-order chi connectivity index (χ1) is 12.2. The molecule has 1 unspecified atom stereocenters. The number of amides is 1. The van der Waals surface area contributed by atoms with Gasteiger partial charge >= 0.3 is 5.91 Å². The number of carbonyl (C=O) groups is 1. The molecule has 1 aliphatic rings. The van der Waals surface area contributed by atoms with Crippen LogP contribution in [0.25, 0.3) is 11.1 Å². The van der Waals surface area contributed by atoms with E-state index in [1.807, 2.05) is 42.5 Å². The fourth-order valence-electron chi connectivity index (χ4n) is 3.39. The Hall–Kier alpha value is -2.17. The van der Waals surface area contributed by atoms with Crippen molar-refractivity contribution in [3.05, 3.63) is 53.6 Å². The van der Waals surface area contributed by atoms with Gasteiger partial charge in [0.2, 0.25) is 0 Å². The SMILES string of the molecule is [NH3+]C(=O)CCCCCCCOc1ccc2c(c1)C(O)c1ccccc1-2. The number of fused-ring (bicyclic) bond motifs is 3. The highest BCUT2D eigenvalue weighted by molar-refractivity contribution is 5.78. The molecule has 0 fully saturated rings. The lowest BCUT2D eigenvalue weighted by molar-refractivity contribution is -0.305. The van der Waals surface area contributed by atoms with E-state index in [2.05, 4.69) is 5.73 Å². The summed E-state index contributed by atoms with van der Waals surface area (Å²) in [6.45, 7) is 0.677. The highest BCUT2D eigenvalue weighted by Gasteiger charge is 2.26. The van der Waals surface area contributed by atoms with Gasteiger partial charge in [-0.2, -0.15) is 0 Å². The van der Waals surface area contributed by atoms with Gasteiger partial charge in [-0.25, -0.2) is 4.79 Å². The van der Waals surface area contributed by atoms with E-state index in [1.54, 1.807) is 0 Å². The van der Waals surface area contributed by atoms with E-state index in [0.717, 1.165) is 60.1 Å². The molecule has 0 aromatic heterocycles. The van der Waals surface area contributed by atoms with Crippen LogP contribution in [0, 0.1) is 0 Å². The molecule has 0 aliphatic heterocycles. The number of carbonyl (C=O) groups excluding carboxylic acids is 1. The number of hydrogen-bond donors (Lipinski definition) is 2. The summed E-state index contributed by atoms with van der Waals surface area (Å²) in [7, 11) is 0. The lowest BCUT2D eigenvalue weighted by Crippen LogP contribution is -2.56. The minimum atomic E-state index is -0.564. The van der Waals surface area contributed by atoms with E-state index < -0.39 is 6.10 Å². The lowest BCUT2D eigenvalue weighted by atomic mass is 10.1. The van der Waals surface area contributed by atoms with Crippen molar-refractivity contribution in [1.82, 2.24) is 0 Å². The number of aliphatic hydroxyl groups excluding tert-OH is 1. The molecule has 4 heteroatoms. The first-order valence-electron chi connectivity index (χ1n) is 9.05. The molecule has 2 aromatic carbocycles. The van der Waals surface area contributed by atoms with Crippen LogP contribution in [0.4, 0.5) is 0 Å². The summed E-state index contributed by atoms with van der Waals surface area (Å²) in [5, 5.41) is 10.5. The summed E-state index contributed by atoms with van der Waals surface area (Å²) in [6, 6.07) is 14.0. The largest absolute Gasteiger partial charge is 0.494 e. The van der Waals surface area contributed by atoms with Gasteiger partial charge in [0.05, 0.1) is 13.0 Å². The maximum atomic E-state index is 10.8. The Morgan fingerprint density at radius 3 is 2.52 bits per heavy atom. The van der Waals surface area contributed by atoms with Gasteiger partial charge in [0, 0.05) is 0 Å². The molecule has 1 atom stereocenters. The maximum Gasteiger partial charge on any atom is 0.308 e. The number of rotatable bonds is 9. The predicted octanol–water partition coefficient (Wildman–Crippen LogP) is 3.24. The van der Waals surface area contributed by atoms with Crippen LogP contribution >= 0.6 is 0 Å². The van der Waals surface area contributed by atoms with Crippen LogP contribution in [0.3, 0.4) is 0 Å². The van der Waals surface area contributed by atoms with Crippen LogP contribution in [-0.2, 0) is 4.79 Å². The Morgan fingerprint density at radius 1 is 0.960 bits per heavy atom.